The molecule has 56 heavy (non-hydrogen) atoms. The molecule has 1 atom stereocenters. The molecule has 0 fully saturated rings. The van der Waals surface area contributed by atoms with Crippen LogP contribution in [-0.4, -0.2) is 6.04 Å². The van der Waals surface area contributed by atoms with Gasteiger partial charge in [-0.25, -0.2) is 0 Å². The minimum atomic E-state index is 0.0491. The first kappa shape index (κ1) is 35.6. The van der Waals surface area contributed by atoms with Gasteiger partial charge in [-0.3, -0.25) is 0 Å². The van der Waals surface area contributed by atoms with E-state index in [2.05, 4.69) is 226 Å². The van der Waals surface area contributed by atoms with Crippen LogP contribution in [-0.2, 0) is 10.8 Å². The molecule has 1 unspecified atom stereocenters. The first-order valence-electron chi connectivity index (χ1n) is 20.2. The van der Waals surface area contributed by atoms with E-state index in [4.69, 9.17) is 0 Å². The van der Waals surface area contributed by atoms with Gasteiger partial charge in [-0.05, 0) is 117 Å². The second-order valence-electron chi connectivity index (χ2n) is 16.8. The molecule has 0 saturated heterocycles. The first-order chi connectivity index (χ1) is 27.3. The van der Waals surface area contributed by atoms with Crippen molar-refractivity contribution in [2.45, 2.75) is 63.8 Å². The average Bonchev–Trinajstić information content (AvgIpc) is 3.24. The van der Waals surface area contributed by atoms with Crippen LogP contribution in [0.3, 0.4) is 0 Å². The Morgan fingerprint density at radius 3 is 1.75 bits per heavy atom. The second kappa shape index (κ2) is 14.5. The highest BCUT2D eigenvalue weighted by Crippen LogP contribution is 2.52. The Labute approximate surface area is 333 Å². The highest BCUT2D eigenvalue weighted by Gasteiger charge is 2.40. The molecule has 0 N–H and O–H groups in total. The van der Waals surface area contributed by atoms with E-state index in [9.17, 15) is 0 Å². The van der Waals surface area contributed by atoms with Crippen LogP contribution in [0.4, 0.5) is 28.4 Å². The number of hydrogen-bond donors (Lipinski definition) is 0. The minimum absolute atomic E-state index is 0.0491. The van der Waals surface area contributed by atoms with Gasteiger partial charge in [-0.1, -0.05) is 167 Å². The number of para-hydroxylation sites is 1. The summed E-state index contributed by atoms with van der Waals surface area (Å²) in [6, 6.07) is 62.5. The van der Waals surface area contributed by atoms with E-state index in [0.29, 0.717) is 0 Å². The van der Waals surface area contributed by atoms with Gasteiger partial charge in [-0.15, -0.1) is 0 Å². The quantitative estimate of drug-likeness (QED) is 0.154. The molecule has 2 heteroatoms. The zero-order valence-corrected chi connectivity index (χ0v) is 33.0. The number of allylic oxidation sites excluding steroid dienone is 2. The van der Waals surface area contributed by atoms with Crippen LogP contribution in [0.15, 0.2) is 188 Å². The predicted octanol–water partition coefficient (Wildman–Crippen LogP) is 14.9. The molecule has 0 amide bonds. The molecule has 7 aromatic rings. The maximum Gasteiger partial charge on any atom is 0.0560 e. The summed E-state index contributed by atoms with van der Waals surface area (Å²) >= 11 is 0. The van der Waals surface area contributed by atoms with Crippen molar-refractivity contribution in [1.82, 2.24) is 0 Å². The van der Waals surface area contributed by atoms with Crippen LogP contribution >= 0.6 is 0 Å². The summed E-state index contributed by atoms with van der Waals surface area (Å²) < 4.78 is 0. The van der Waals surface area contributed by atoms with Crippen LogP contribution in [0.25, 0.3) is 27.5 Å². The summed E-state index contributed by atoms with van der Waals surface area (Å²) in [7, 11) is 0. The molecule has 276 valence electrons. The molecule has 0 heterocycles. The van der Waals surface area contributed by atoms with Crippen molar-refractivity contribution < 1.29 is 0 Å². The lowest BCUT2D eigenvalue weighted by atomic mass is 9.62. The molecule has 0 aliphatic heterocycles. The van der Waals surface area contributed by atoms with Crippen LogP contribution in [0.1, 0.15) is 63.6 Å². The minimum Gasteiger partial charge on any atom is -0.334 e. The molecule has 0 radical (unpaired) electrons. The molecule has 0 spiro atoms. The van der Waals surface area contributed by atoms with Gasteiger partial charge in [0, 0.05) is 22.4 Å². The number of anilines is 5. The van der Waals surface area contributed by atoms with Gasteiger partial charge in [0.25, 0.3) is 0 Å². The summed E-state index contributed by atoms with van der Waals surface area (Å²) in [6.45, 7) is 9.69. The molecule has 0 bridgehead atoms. The predicted molar refractivity (Wildman–Crippen MR) is 240 cm³/mol. The van der Waals surface area contributed by atoms with Crippen molar-refractivity contribution >= 4 is 44.8 Å². The fourth-order valence-electron chi connectivity index (χ4n) is 9.08. The van der Waals surface area contributed by atoms with Crippen molar-refractivity contribution in [3.05, 3.63) is 205 Å². The normalized spacial score (nSPS) is 16.9. The maximum absolute atomic E-state index is 2.52. The topological polar surface area (TPSA) is 6.48 Å². The van der Waals surface area contributed by atoms with E-state index < -0.39 is 0 Å². The lowest BCUT2D eigenvalue weighted by Crippen LogP contribution is -2.35. The molecule has 2 aliphatic rings. The SMILES string of the molecule is CC1(C)CCC(C)(C)c2c(N(c3ccc(-c4ccc(N(c5ccccc5)C5C=CC(c6ccccc6)=CC5)cc4)cc3)c3cccc4ccccc34)cccc21. The van der Waals surface area contributed by atoms with Crippen LogP contribution in [0, 0.1) is 0 Å². The van der Waals surface area contributed by atoms with E-state index in [1.807, 2.05) is 0 Å². The van der Waals surface area contributed by atoms with Crippen molar-refractivity contribution in [2.75, 3.05) is 9.80 Å². The van der Waals surface area contributed by atoms with Gasteiger partial charge >= 0.3 is 0 Å². The van der Waals surface area contributed by atoms with Crippen molar-refractivity contribution in [1.29, 1.82) is 0 Å². The summed E-state index contributed by atoms with van der Waals surface area (Å²) in [6.07, 6.45) is 10.3. The van der Waals surface area contributed by atoms with E-state index in [-0.39, 0.29) is 16.9 Å². The van der Waals surface area contributed by atoms with E-state index in [1.54, 1.807) is 0 Å². The first-order valence-corrected chi connectivity index (χ1v) is 20.2. The van der Waals surface area contributed by atoms with Gasteiger partial charge in [0.15, 0.2) is 0 Å². The smallest absolute Gasteiger partial charge is 0.0560 e. The Morgan fingerprint density at radius 2 is 1.05 bits per heavy atom. The van der Waals surface area contributed by atoms with E-state index >= 15 is 0 Å². The molecular weight excluding hydrogens is 677 g/mol. The van der Waals surface area contributed by atoms with Crippen LogP contribution in [0.2, 0.25) is 0 Å². The third-order valence-electron chi connectivity index (χ3n) is 12.2. The molecular formula is C54H50N2. The molecule has 2 nitrogen and oxygen atoms in total. The standard InChI is InChI=1S/C54H50N2/c1-53(2)37-38-54(3,4)52-49(53)22-14-24-51(52)56(50-23-13-18-43-17-11-12-21-48(43)50)47-35-29-42(30-36-47)41-27-33-46(34-28-41)55(44-19-9-6-10-20-44)45-31-25-40(26-32-45)39-15-7-5-8-16-39/h5-31,33-36,45H,32,37-38H2,1-4H3. The number of benzene rings is 7. The highest BCUT2D eigenvalue weighted by molar-refractivity contribution is 5.99. The van der Waals surface area contributed by atoms with Gasteiger partial charge < -0.3 is 9.80 Å². The fourth-order valence-corrected chi connectivity index (χ4v) is 9.08. The van der Waals surface area contributed by atoms with Crippen LogP contribution < -0.4 is 9.80 Å². The van der Waals surface area contributed by atoms with Crippen LogP contribution in [0.5, 0.6) is 0 Å². The van der Waals surface area contributed by atoms with Crippen molar-refractivity contribution in [2.24, 2.45) is 0 Å². The Morgan fingerprint density at radius 1 is 0.482 bits per heavy atom. The Balaban J connectivity index is 1.07. The summed E-state index contributed by atoms with van der Waals surface area (Å²) in [4.78, 5) is 4.98. The number of hydrogen-bond acceptors (Lipinski definition) is 2. The monoisotopic (exact) mass is 726 g/mol. The van der Waals surface area contributed by atoms with Crippen molar-refractivity contribution in [3.63, 3.8) is 0 Å². The van der Waals surface area contributed by atoms with E-state index in [0.717, 1.165) is 18.5 Å². The number of nitrogens with zero attached hydrogens (tertiary/aromatic N) is 2. The van der Waals surface area contributed by atoms with Gasteiger partial charge in [0.05, 0.1) is 17.4 Å². The fraction of sp³-hybridized carbons (Fsp3) is 0.185. The lowest BCUT2D eigenvalue weighted by molar-refractivity contribution is 0.332. The van der Waals surface area contributed by atoms with Crippen molar-refractivity contribution in [3.8, 4) is 11.1 Å². The number of rotatable bonds is 8. The molecule has 9 rings (SSSR count). The second-order valence-corrected chi connectivity index (χ2v) is 16.8. The zero-order chi connectivity index (χ0) is 38.3. The average molecular weight is 727 g/mol. The largest absolute Gasteiger partial charge is 0.334 e. The van der Waals surface area contributed by atoms with Gasteiger partial charge in [0.2, 0.25) is 0 Å². The number of fused-ring (bicyclic) bond motifs is 2. The Kier molecular flexibility index (Phi) is 9.22. The third kappa shape index (κ3) is 6.64. The summed E-state index contributed by atoms with van der Waals surface area (Å²) in [5.74, 6) is 0. The van der Waals surface area contributed by atoms with Gasteiger partial charge in [0.1, 0.15) is 0 Å². The summed E-state index contributed by atoms with van der Waals surface area (Å²) in [5, 5.41) is 2.50. The Hall–Kier alpha value is -6.12. The third-order valence-corrected chi connectivity index (χ3v) is 12.2. The molecule has 0 saturated carbocycles. The van der Waals surface area contributed by atoms with Gasteiger partial charge in [-0.2, -0.15) is 0 Å². The molecule has 2 aliphatic carbocycles. The zero-order valence-electron chi connectivity index (χ0n) is 33.0. The Bertz CT molecular complexity index is 2540. The molecule has 0 aromatic heterocycles. The highest BCUT2D eigenvalue weighted by atomic mass is 15.2. The van der Waals surface area contributed by atoms with E-state index in [1.165, 1.54) is 73.3 Å². The lowest BCUT2D eigenvalue weighted by Gasteiger charge is -2.44. The maximum atomic E-state index is 2.52. The summed E-state index contributed by atoms with van der Waals surface area (Å²) in [5.41, 5.74) is 14.1. The molecule has 7 aromatic carbocycles.